The number of carbonyl (C=O) groups is 1. The molecule has 1 amide bonds. The summed E-state index contributed by atoms with van der Waals surface area (Å²) >= 11 is 3.43. The van der Waals surface area contributed by atoms with Gasteiger partial charge in [-0.2, -0.15) is 5.10 Å². The second-order valence-corrected chi connectivity index (χ2v) is 6.73. The minimum absolute atomic E-state index is 0.131. The average Bonchev–Trinajstić information content (AvgIpc) is 3.16. The molecule has 6 nitrogen and oxygen atoms in total. The summed E-state index contributed by atoms with van der Waals surface area (Å²) in [6.07, 6.45) is 0.683. The van der Waals surface area contributed by atoms with E-state index in [1.807, 2.05) is 42.5 Å². The molecule has 1 aromatic heterocycles. The van der Waals surface area contributed by atoms with Crippen LogP contribution < -0.4 is 14.9 Å². The van der Waals surface area contributed by atoms with Crippen molar-refractivity contribution in [2.24, 2.45) is 5.10 Å². The molecule has 7 heteroatoms. The largest absolute Gasteiger partial charge is 0.485 e. The number of halogens is 1. The number of benzene rings is 2. The lowest BCUT2D eigenvalue weighted by molar-refractivity contribution is -0.130. The van der Waals surface area contributed by atoms with E-state index in [2.05, 4.69) is 26.5 Å². The summed E-state index contributed by atoms with van der Waals surface area (Å²) in [7, 11) is 0. The van der Waals surface area contributed by atoms with Crippen molar-refractivity contribution in [2.75, 3.05) is 6.61 Å². The maximum Gasteiger partial charge on any atom is 0.284 e. The van der Waals surface area contributed by atoms with Gasteiger partial charge in [0.15, 0.2) is 11.5 Å². The molecule has 1 N–H and O–H groups in total. The van der Waals surface area contributed by atoms with Gasteiger partial charge in [0, 0.05) is 10.0 Å². The van der Waals surface area contributed by atoms with Crippen LogP contribution in [-0.2, 0) is 4.79 Å². The third-order valence-electron chi connectivity index (χ3n) is 3.90. The minimum Gasteiger partial charge on any atom is -0.485 e. The summed E-state index contributed by atoms with van der Waals surface area (Å²) < 4.78 is 17.8. The van der Waals surface area contributed by atoms with Crippen LogP contribution in [0, 0.1) is 0 Å². The van der Waals surface area contributed by atoms with Crippen LogP contribution in [0.15, 0.2) is 74.7 Å². The molecule has 27 heavy (non-hydrogen) atoms. The Morgan fingerprint density at radius 2 is 1.96 bits per heavy atom. The fraction of sp³-hybridized carbons (Fsp3) is 0.100. The Kier molecular flexibility index (Phi) is 4.93. The van der Waals surface area contributed by atoms with Gasteiger partial charge in [-0.25, -0.2) is 5.43 Å². The average molecular weight is 427 g/mol. The molecular formula is C20H15BrN2O4. The van der Waals surface area contributed by atoms with Crippen LogP contribution in [0.4, 0.5) is 0 Å². The third kappa shape index (κ3) is 4.03. The standard InChI is InChI=1S/C20H15BrN2O4/c21-14-5-3-4-13(10-14)16-9-8-15(26-16)11-22-23-20(24)19-12-25-17-6-1-2-7-18(17)27-19/h1-11,19H,12H2,(H,23,24)/b22-11-. The lowest BCUT2D eigenvalue weighted by Gasteiger charge is -2.24. The summed E-state index contributed by atoms with van der Waals surface area (Å²) in [4.78, 5) is 12.2. The van der Waals surface area contributed by atoms with E-state index >= 15 is 0 Å². The monoisotopic (exact) mass is 426 g/mol. The zero-order valence-electron chi connectivity index (χ0n) is 14.1. The molecule has 0 fully saturated rings. The Morgan fingerprint density at radius 3 is 2.81 bits per heavy atom. The molecule has 1 unspecified atom stereocenters. The highest BCUT2D eigenvalue weighted by Crippen LogP contribution is 2.30. The molecule has 1 aliphatic rings. The number of para-hydroxylation sites is 2. The maximum atomic E-state index is 12.2. The number of nitrogens with zero attached hydrogens (tertiary/aromatic N) is 1. The zero-order valence-corrected chi connectivity index (χ0v) is 15.7. The number of ether oxygens (including phenoxy) is 2. The molecule has 1 aliphatic heterocycles. The van der Waals surface area contributed by atoms with Crippen molar-refractivity contribution in [3.63, 3.8) is 0 Å². The Labute approximate surface area is 163 Å². The highest BCUT2D eigenvalue weighted by Gasteiger charge is 2.26. The van der Waals surface area contributed by atoms with Crippen molar-refractivity contribution in [1.82, 2.24) is 5.43 Å². The first-order valence-corrected chi connectivity index (χ1v) is 9.05. The fourth-order valence-electron chi connectivity index (χ4n) is 2.60. The van der Waals surface area contributed by atoms with Crippen molar-refractivity contribution >= 4 is 28.1 Å². The van der Waals surface area contributed by atoms with E-state index in [-0.39, 0.29) is 12.5 Å². The van der Waals surface area contributed by atoms with Crippen LogP contribution in [0.2, 0.25) is 0 Å². The number of amides is 1. The number of carbonyl (C=O) groups excluding carboxylic acids is 1. The summed E-state index contributed by atoms with van der Waals surface area (Å²) in [6.45, 7) is 0.131. The number of fused-ring (bicyclic) bond motifs is 1. The molecule has 0 saturated carbocycles. The number of hydrogen-bond donors (Lipinski definition) is 1. The fourth-order valence-corrected chi connectivity index (χ4v) is 3.00. The Bertz CT molecular complexity index is 999. The second kappa shape index (κ2) is 7.67. The van der Waals surface area contributed by atoms with Crippen molar-refractivity contribution in [3.05, 3.63) is 70.9 Å². The maximum absolute atomic E-state index is 12.2. The van der Waals surface area contributed by atoms with Crippen LogP contribution in [-0.4, -0.2) is 24.8 Å². The van der Waals surface area contributed by atoms with Gasteiger partial charge in [0.25, 0.3) is 5.91 Å². The van der Waals surface area contributed by atoms with Crippen molar-refractivity contribution in [3.8, 4) is 22.8 Å². The van der Waals surface area contributed by atoms with Crippen LogP contribution >= 0.6 is 15.9 Å². The predicted octanol–water partition coefficient (Wildman–Crippen LogP) is 4.00. The van der Waals surface area contributed by atoms with E-state index in [0.717, 1.165) is 10.0 Å². The van der Waals surface area contributed by atoms with E-state index in [0.29, 0.717) is 23.0 Å². The molecule has 0 aliphatic carbocycles. The van der Waals surface area contributed by atoms with Crippen LogP contribution in [0.25, 0.3) is 11.3 Å². The second-order valence-electron chi connectivity index (χ2n) is 5.81. The molecule has 2 heterocycles. The summed E-state index contributed by atoms with van der Waals surface area (Å²) in [6, 6.07) is 18.6. The minimum atomic E-state index is -0.758. The number of rotatable bonds is 4. The molecule has 0 bridgehead atoms. The molecular weight excluding hydrogens is 412 g/mol. The van der Waals surface area contributed by atoms with E-state index < -0.39 is 6.10 Å². The normalized spacial score (nSPS) is 15.7. The Morgan fingerprint density at radius 1 is 1.11 bits per heavy atom. The van der Waals surface area contributed by atoms with Crippen LogP contribution in [0.3, 0.4) is 0 Å². The number of hydrazone groups is 1. The predicted molar refractivity (Wildman–Crippen MR) is 104 cm³/mol. The number of hydrogen-bond acceptors (Lipinski definition) is 5. The molecule has 2 aromatic carbocycles. The van der Waals surface area contributed by atoms with E-state index in [1.165, 1.54) is 6.21 Å². The molecule has 3 aromatic rings. The van der Waals surface area contributed by atoms with E-state index in [4.69, 9.17) is 13.9 Å². The van der Waals surface area contributed by atoms with Crippen molar-refractivity contribution < 1.29 is 18.7 Å². The van der Waals surface area contributed by atoms with Crippen molar-refractivity contribution in [2.45, 2.75) is 6.10 Å². The summed E-state index contributed by atoms with van der Waals surface area (Å²) in [5.41, 5.74) is 3.39. The van der Waals surface area contributed by atoms with E-state index in [1.54, 1.807) is 18.2 Å². The smallest absolute Gasteiger partial charge is 0.284 e. The van der Waals surface area contributed by atoms with Gasteiger partial charge in [0.1, 0.15) is 18.1 Å². The SMILES string of the molecule is O=C(N/N=C\c1ccc(-c2cccc(Br)c2)o1)C1COc2ccccc2O1. The zero-order chi connectivity index (χ0) is 18.6. The Balaban J connectivity index is 1.36. The van der Waals surface area contributed by atoms with Crippen LogP contribution in [0.5, 0.6) is 11.5 Å². The molecule has 1 atom stereocenters. The van der Waals surface area contributed by atoms with Gasteiger partial charge in [-0.05, 0) is 36.4 Å². The summed E-state index contributed by atoms with van der Waals surface area (Å²) in [5, 5.41) is 3.93. The van der Waals surface area contributed by atoms with Gasteiger partial charge >= 0.3 is 0 Å². The number of furan rings is 1. The van der Waals surface area contributed by atoms with Crippen molar-refractivity contribution in [1.29, 1.82) is 0 Å². The van der Waals surface area contributed by atoms with Gasteiger partial charge in [0.05, 0.1) is 6.21 Å². The highest BCUT2D eigenvalue weighted by atomic mass is 79.9. The van der Waals surface area contributed by atoms with Gasteiger partial charge in [-0.3, -0.25) is 4.79 Å². The van der Waals surface area contributed by atoms with Gasteiger partial charge in [-0.1, -0.05) is 40.2 Å². The molecule has 0 radical (unpaired) electrons. The lowest BCUT2D eigenvalue weighted by Crippen LogP contribution is -2.42. The molecule has 0 spiro atoms. The Hall–Kier alpha value is -3.06. The molecule has 4 rings (SSSR count). The lowest BCUT2D eigenvalue weighted by atomic mass is 10.2. The quantitative estimate of drug-likeness (QED) is 0.505. The number of nitrogens with one attached hydrogen (secondary N) is 1. The molecule has 0 saturated heterocycles. The first-order chi connectivity index (χ1) is 13.2. The van der Waals surface area contributed by atoms with Crippen LogP contribution in [0.1, 0.15) is 5.76 Å². The summed E-state index contributed by atoms with van der Waals surface area (Å²) in [5.74, 6) is 2.01. The third-order valence-corrected chi connectivity index (χ3v) is 4.40. The first kappa shape index (κ1) is 17.4. The van der Waals surface area contributed by atoms with Gasteiger partial charge < -0.3 is 13.9 Å². The van der Waals surface area contributed by atoms with Gasteiger partial charge in [0.2, 0.25) is 6.10 Å². The topological polar surface area (TPSA) is 73.1 Å². The van der Waals surface area contributed by atoms with E-state index in [9.17, 15) is 4.79 Å². The highest BCUT2D eigenvalue weighted by molar-refractivity contribution is 9.10. The first-order valence-electron chi connectivity index (χ1n) is 8.26. The molecule has 136 valence electrons. The van der Waals surface area contributed by atoms with Gasteiger partial charge in [-0.15, -0.1) is 0 Å².